The molecule has 2 heterocycles. The summed E-state index contributed by atoms with van der Waals surface area (Å²) in [5.41, 5.74) is 0. The molecule has 0 bridgehead atoms. The predicted molar refractivity (Wildman–Crippen MR) is 59.6 cm³/mol. The van der Waals surface area contributed by atoms with Gasteiger partial charge in [-0.15, -0.1) is 0 Å². The minimum Gasteiger partial charge on any atom is -0.475 e. The molecule has 0 aliphatic carbocycles. The Hall–Kier alpha value is -1.10. The van der Waals surface area contributed by atoms with Crippen LogP contribution in [0.3, 0.4) is 0 Å². The van der Waals surface area contributed by atoms with Gasteiger partial charge in [-0.2, -0.15) is 11.8 Å². The number of rotatable bonds is 4. The second-order valence-electron chi connectivity index (χ2n) is 3.48. The van der Waals surface area contributed by atoms with E-state index in [0.717, 1.165) is 6.54 Å². The van der Waals surface area contributed by atoms with Crippen molar-refractivity contribution in [3.63, 3.8) is 0 Å². The monoisotopic (exact) mass is 227 g/mol. The lowest BCUT2D eigenvalue weighted by atomic mass is 10.2. The minimum atomic E-state index is -1.03. The maximum absolute atomic E-state index is 10.5. The molecule has 15 heavy (non-hydrogen) atoms. The first-order chi connectivity index (χ1) is 7.25. The third kappa shape index (κ3) is 2.68. The van der Waals surface area contributed by atoms with Gasteiger partial charge in [0, 0.05) is 17.9 Å². The summed E-state index contributed by atoms with van der Waals surface area (Å²) in [5.74, 6) is 0.722. The normalized spacial score (nSPS) is 20.4. The Balaban J connectivity index is 1.84. The summed E-state index contributed by atoms with van der Waals surface area (Å²) < 4.78 is 5.08. The van der Waals surface area contributed by atoms with E-state index in [0.29, 0.717) is 11.1 Å². The van der Waals surface area contributed by atoms with Gasteiger partial charge in [0.25, 0.3) is 0 Å². The first-order valence-corrected chi connectivity index (χ1v) is 5.99. The Morgan fingerprint density at radius 2 is 2.53 bits per heavy atom. The van der Waals surface area contributed by atoms with E-state index in [1.165, 1.54) is 24.7 Å². The van der Waals surface area contributed by atoms with Crippen LogP contribution >= 0.6 is 11.8 Å². The number of furan rings is 1. The lowest BCUT2D eigenvalue weighted by molar-refractivity contribution is 0.0663. The fourth-order valence-electron chi connectivity index (χ4n) is 1.57. The number of carboxylic acid groups (broad SMARTS) is 1. The van der Waals surface area contributed by atoms with Gasteiger partial charge < -0.3 is 14.8 Å². The SMILES string of the molecule is O=C(O)c1ccc(NCC2CCCS2)o1. The molecule has 1 saturated heterocycles. The zero-order valence-electron chi connectivity index (χ0n) is 8.23. The first kappa shape index (κ1) is 10.4. The molecule has 0 amide bonds. The summed E-state index contributed by atoms with van der Waals surface area (Å²) in [4.78, 5) is 10.5. The standard InChI is InChI=1S/C10H13NO3S/c12-10(13)8-3-4-9(14-8)11-6-7-2-1-5-15-7/h3-4,7,11H,1-2,5-6H2,(H,12,13). The molecule has 2 N–H and O–H groups in total. The number of carbonyl (C=O) groups is 1. The number of carboxylic acids is 1. The van der Waals surface area contributed by atoms with E-state index in [9.17, 15) is 4.79 Å². The van der Waals surface area contributed by atoms with Crippen LogP contribution in [0.1, 0.15) is 23.4 Å². The van der Waals surface area contributed by atoms with Gasteiger partial charge in [-0.3, -0.25) is 0 Å². The first-order valence-electron chi connectivity index (χ1n) is 4.94. The smallest absolute Gasteiger partial charge is 0.371 e. The van der Waals surface area contributed by atoms with E-state index in [1.54, 1.807) is 6.07 Å². The highest BCUT2D eigenvalue weighted by atomic mass is 32.2. The van der Waals surface area contributed by atoms with Crippen LogP contribution in [0.4, 0.5) is 5.88 Å². The molecule has 1 aromatic rings. The molecular formula is C10H13NO3S. The fourth-order valence-corrected chi connectivity index (χ4v) is 2.77. The molecule has 5 heteroatoms. The molecule has 1 unspecified atom stereocenters. The lowest BCUT2D eigenvalue weighted by Gasteiger charge is -2.08. The Labute approximate surface area is 92.0 Å². The Morgan fingerprint density at radius 1 is 1.67 bits per heavy atom. The molecule has 0 saturated carbocycles. The van der Waals surface area contributed by atoms with Gasteiger partial charge in [-0.1, -0.05) is 0 Å². The molecular weight excluding hydrogens is 214 g/mol. The van der Waals surface area contributed by atoms with E-state index >= 15 is 0 Å². The van der Waals surface area contributed by atoms with Crippen molar-refractivity contribution in [3.8, 4) is 0 Å². The van der Waals surface area contributed by atoms with Gasteiger partial charge in [0.1, 0.15) is 0 Å². The van der Waals surface area contributed by atoms with Gasteiger partial charge >= 0.3 is 5.97 Å². The zero-order chi connectivity index (χ0) is 10.7. The highest BCUT2D eigenvalue weighted by Crippen LogP contribution is 2.26. The summed E-state index contributed by atoms with van der Waals surface area (Å²) in [6.07, 6.45) is 2.50. The van der Waals surface area contributed by atoms with Crippen molar-refractivity contribution < 1.29 is 14.3 Å². The molecule has 0 spiro atoms. The van der Waals surface area contributed by atoms with Crippen LogP contribution in [-0.2, 0) is 0 Å². The van der Waals surface area contributed by atoms with Crippen molar-refractivity contribution >= 4 is 23.6 Å². The molecule has 2 rings (SSSR count). The molecule has 1 aromatic heterocycles. The van der Waals surface area contributed by atoms with Gasteiger partial charge in [0.05, 0.1) is 0 Å². The predicted octanol–water partition coefficient (Wildman–Crippen LogP) is 2.29. The highest BCUT2D eigenvalue weighted by molar-refractivity contribution is 8.00. The van der Waals surface area contributed by atoms with Crippen molar-refractivity contribution in [1.29, 1.82) is 0 Å². The Morgan fingerprint density at radius 3 is 3.13 bits per heavy atom. The third-order valence-corrected chi connectivity index (χ3v) is 3.74. The topological polar surface area (TPSA) is 62.5 Å². The quantitative estimate of drug-likeness (QED) is 0.826. The average Bonchev–Trinajstić information content (AvgIpc) is 2.86. The molecule has 1 atom stereocenters. The van der Waals surface area contributed by atoms with Crippen LogP contribution in [0.5, 0.6) is 0 Å². The number of thioether (sulfide) groups is 1. The lowest BCUT2D eigenvalue weighted by Crippen LogP contribution is -2.12. The summed E-state index contributed by atoms with van der Waals surface area (Å²) >= 11 is 1.95. The van der Waals surface area contributed by atoms with Crippen molar-refractivity contribution in [3.05, 3.63) is 17.9 Å². The van der Waals surface area contributed by atoms with Crippen molar-refractivity contribution in [1.82, 2.24) is 0 Å². The third-order valence-electron chi connectivity index (χ3n) is 2.34. The maximum Gasteiger partial charge on any atom is 0.371 e. The van der Waals surface area contributed by atoms with Crippen LogP contribution in [-0.4, -0.2) is 28.6 Å². The van der Waals surface area contributed by atoms with E-state index in [-0.39, 0.29) is 5.76 Å². The maximum atomic E-state index is 10.5. The van der Waals surface area contributed by atoms with Crippen LogP contribution in [0, 0.1) is 0 Å². The van der Waals surface area contributed by atoms with Gasteiger partial charge in [0.2, 0.25) is 5.76 Å². The van der Waals surface area contributed by atoms with Gasteiger partial charge in [0.15, 0.2) is 5.88 Å². The largest absolute Gasteiger partial charge is 0.475 e. The van der Waals surface area contributed by atoms with E-state index < -0.39 is 5.97 Å². The number of anilines is 1. The number of nitrogens with one attached hydrogen (secondary N) is 1. The van der Waals surface area contributed by atoms with Gasteiger partial charge in [-0.25, -0.2) is 4.79 Å². The van der Waals surface area contributed by atoms with E-state index in [1.807, 2.05) is 11.8 Å². The van der Waals surface area contributed by atoms with Crippen molar-refractivity contribution in [2.75, 3.05) is 17.6 Å². The number of hydrogen-bond donors (Lipinski definition) is 2. The Bertz CT molecular complexity index is 344. The molecule has 82 valence electrons. The summed E-state index contributed by atoms with van der Waals surface area (Å²) in [7, 11) is 0. The molecule has 1 fully saturated rings. The molecule has 1 aliphatic heterocycles. The fraction of sp³-hybridized carbons (Fsp3) is 0.500. The van der Waals surface area contributed by atoms with Crippen LogP contribution in [0.15, 0.2) is 16.5 Å². The second kappa shape index (κ2) is 4.61. The van der Waals surface area contributed by atoms with Crippen molar-refractivity contribution in [2.24, 2.45) is 0 Å². The van der Waals surface area contributed by atoms with Crippen molar-refractivity contribution in [2.45, 2.75) is 18.1 Å². The summed E-state index contributed by atoms with van der Waals surface area (Å²) in [5, 5.41) is 12.4. The average molecular weight is 227 g/mol. The summed E-state index contributed by atoms with van der Waals surface area (Å²) in [6, 6.07) is 3.12. The number of aromatic carboxylic acids is 1. The van der Waals surface area contributed by atoms with Crippen LogP contribution in [0.2, 0.25) is 0 Å². The van der Waals surface area contributed by atoms with Crippen LogP contribution in [0.25, 0.3) is 0 Å². The Kier molecular flexibility index (Phi) is 3.20. The van der Waals surface area contributed by atoms with E-state index in [2.05, 4.69) is 5.32 Å². The van der Waals surface area contributed by atoms with Crippen LogP contribution < -0.4 is 5.32 Å². The molecule has 4 nitrogen and oxygen atoms in total. The molecule has 0 radical (unpaired) electrons. The summed E-state index contributed by atoms with van der Waals surface area (Å²) in [6.45, 7) is 0.844. The van der Waals surface area contributed by atoms with E-state index in [4.69, 9.17) is 9.52 Å². The minimum absolute atomic E-state index is 0.0171. The zero-order valence-corrected chi connectivity index (χ0v) is 9.05. The molecule has 1 aliphatic rings. The molecule has 0 aromatic carbocycles. The van der Waals surface area contributed by atoms with Gasteiger partial charge in [-0.05, 0) is 24.7 Å². The second-order valence-corrected chi connectivity index (χ2v) is 4.89. The number of hydrogen-bond acceptors (Lipinski definition) is 4. The highest BCUT2D eigenvalue weighted by Gasteiger charge is 2.16.